The number of Topliss-reactive ketones (excluding diaryl/α,β-unsaturated/α-hetero) is 1. The molecule has 20 heavy (non-hydrogen) atoms. The van der Waals surface area contributed by atoms with Gasteiger partial charge in [0.1, 0.15) is 17.8 Å². The highest BCUT2D eigenvalue weighted by Gasteiger charge is 2.11. The van der Waals surface area contributed by atoms with Gasteiger partial charge < -0.3 is 9.84 Å². The molecular weight excluding hydrogens is 275 g/mol. The fraction of sp³-hybridized carbons (Fsp3) is 0.571. The fourth-order valence-electron chi connectivity index (χ4n) is 2.26. The van der Waals surface area contributed by atoms with E-state index in [0.717, 1.165) is 43.7 Å². The number of nitrogens with one attached hydrogen (secondary N) is 1. The largest absolute Gasteiger partial charge is 0.370 e. The molecule has 1 aliphatic heterocycles. The summed E-state index contributed by atoms with van der Waals surface area (Å²) in [6, 6.07) is 4.15. The number of ketones is 1. The van der Waals surface area contributed by atoms with E-state index in [0.29, 0.717) is 6.42 Å². The van der Waals surface area contributed by atoms with Gasteiger partial charge in [0, 0.05) is 25.8 Å². The highest BCUT2D eigenvalue weighted by Crippen LogP contribution is 2.22. The first-order chi connectivity index (χ1) is 9.69. The van der Waals surface area contributed by atoms with E-state index in [1.165, 1.54) is 12.7 Å². The van der Waals surface area contributed by atoms with Crippen LogP contribution in [0.25, 0.3) is 0 Å². The molecule has 0 aromatic carbocycles. The van der Waals surface area contributed by atoms with E-state index in [1.807, 2.05) is 6.07 Å². The van der Waals surface area contributed by atoms with Gasteiger partial charge in [-0.3, -0.25) is 9.36 Å². The number of nitrogens with zero attached hydrogens (tertiary/aromatic N) is 1. The Labute approximate surface area is 120 Å². The summed E-state index contributed by atoms with van der Waals surface area (Å²) in [6.07, 6.45) is 4.18. The number of carbonyl (C=O) groups excluding carboxylic acids is 1. The minimum Gasteiger partial charge on any atom is -0.370 e. The average Bonchev–Trinajstić information content (AvgIpc) is 2.47. The summed E-state index contributed by atoms with van der Waals surface area (Å²) in [5.41, 5.74) is 2.27. The van der Waals surface area contributed by atoms with Crippen LogP contribution in [0.1, 0.15) is 30.5 Å². The van der Waals surface area contributed by atoms with Crippen molar-refractivity contribution in [1.82, 2.24) is 4.98 Å². The SMILES string of the molecule is CO[P](=O)CC(=O)CCCc1ccc2c(n1)NCCC2. The van der Waals surface area contributed by atoms with Gasteiger partial charge in [-0.1, -0.05) is 6.07 Å². The van der Waals surface area contributed by atoms with E-state index in [1.54, 1.807) is 0 Å². The third-order valence-electron chi connectivity index (χ3n) is 3.35. The quantitative estimate of drug-likeness (QED) is 0.783. The Balaban J connectivity index is 1.79. The van der Waals surface area contributed by atoms with Crippen LogP contribution in [0.3, 0.4) is 0 Å². The Morgan fingerprint density at radius 2 is 2.35 bits per heavy atom. The number of anilines is 1. The van der Waals surface area contributed by atoms with Crippen molar-refractivity contribution >= 4 is 19.6 Å². The van der Waals surface area contributed by atoms with Gasteiger partial charge in [-0.25, -0.2) is 4.98 Å². The number of fused-ring (bicyclic) bond motifs is 1. The summed E-state index contributed by atoms with van der Waals surface area (Å²) in [5, 5.41) is 3.30. The molecule has 1 atom stereocenters. The van der Waals surface area contributed by atoms with Crippen molar-refractivity contribution < 1.29 is 13.9 Å². The van der Waals surface area contributed by atoms with Gasteiger partial charge in [-0.15, -0.1) is 0 Å². The second kappa shape index (κ2) is 7.46. The molecule has 0 saturated heterocycles. The van der Waals surface area contributed by atoms with Crippen molar-refractivity contribution in [2.75, 3.05) is 25.1 Å². The molecule has 0 amide bonds. The molecule has 2 heterocycles. The lowest BCUT2D eigenvalue weighted by Gasteiger charge is -2.17. The molecule has 0 spiro atoms. The Kier molecular flexibility index (Phi) is 5.62. The zero-order chi connectivity index (χ0) is 14.4. The number of pyridine rings is 1. The molecule has 1 aromatic heterocycles. The van der Waals surface area contributed by atoms with Gasteiger partial charge in [0.15, 0.2) is 0 Å². The predicted molar refractivity (Wildman–Crippen MR) is 78.5 cm³/mol. The Hall–Kier alpha value is -1.32. The zero-order valence-corrected chi connectivity index (χ0v) is 12.6. The van der Waals surface area contributed by atoms with Crippen molar-refractivity contribution in [3.63, 3.8) is 0 Å². The lowest BCUT2D eigenvalue weighted by molar-refractivity contribution is -0.116. The van der Waals surface area contributed by atoms with Crippen LogP contribution in [-0.2, 0) is 26.7 Å². The Morgan fingerprint density at radius 3 is 3.15 bits per heavy atom. The Morgan fingerprint density at radius 1 is 1.50 bits per heavy atom. The number of aryl methyl sites for hydroxylation is 2. The topological polar surface area (TPSA) is 68.3 Å². The number of hydrogen-bond donors (Lipinski definition) is 1. The lowest BCUT2D eigenvalue weighted by Crippen LogP contribution is -2.14. The monoisotopic (exact) mass is 295 g/mol. The maximum Gasteiger partial charge on any atom is 0.219 e. The van der Waals surface area contributed by atoms with Crippen LogP contribution >= 0.6 is 8.03 Å². The lowest BCUT2D eigenvalue weighted by atomic mass is 10.1. The number of hydrogen-bond acceptors (Lipinski definition) is 5. The smallest absolute Gasteiger partial charge is 0.219 e. The first-order valence-corrected chi connectivity index (χ1v) is 8.28. The highest BCUT2D eigenvalue weighted by molar-refractivity contribution is 7.40. The summed E-state index contributed by atoms with van der Waals surface area (Å²) in [7, 11) is -0.463. The van der Waals surface area contributed by atoms with Gasteiger partial charge in [0.25, 0.3) is 0 Å². The Bertz CT molecular complexity index is 505. The van der Waals surface area contributed by atoms with E-state index in [2.05, 4.69) is 20.9 Å². The van der Waals surface area contributed by atoms with E-state index in [9.17, 15) is 9.36 Å². The van der Waals surface area contributed by atoms with Crippen molar-refractivity contribution in [3.8, 4) is 0 Å². The normalized spacial score (nSPS) is 14.3. The van der Waals surface area contributed by atoms with Crippen molar-refractivity contribution in [2.45, 2.75) is 32.1 Å². The number of carbonyl (C=O) groups is 1. The van der Waals surface area contributed by atoms with E-state index in [4.69, 9.17) is 0 Å². The van der Waals surface area contributed by atoms with Crippen molar-refractivity contribution in [3.05, 3.63) is 23.4 Å². The van der Waals surface area contributed by atoms with Crippen LogP contribution in [0, 0.1) is 0 Å². The molecule has 6 heteroatoms. The summed E-state index contributed by atoms with van der Waals surface area (Å²) in [5.74, 6) is 0.978. The number of rotatable bonds is 7. The average molecular weight is 295 g/mol. The fourth-order valence-corrected chi connectivity index (χ4v) is 2.84. The molecule has 1 N–H and O–H groups in total. The summed E-state index contributed by atoms with van der Waals surface area (Å²) < 4.78 is 15.7. The van der Waals surface area contributed by atoms with Crippen molar-refractivity contribution in [1.29, 1.82) is 0 Å². The second-order valence-electron chi connectivity index (χ2n) is 4.91. The maximum absolute atomic E-state index is 11.5. The first-order valence-electron chi connectivity index (χ1n) is 6.92. The van der Waals surface area contributed by atoms with Gasteiger partial charge in [0.2, 0.25) is 8.03 Å². The maximum atomic E-state index is 11.5. The van der Waals surface area contributed by atoms with E-state index in [-0.39, 0.29) is 11.9 Å². The van der Waals surface area contributed by atoms with Crippen LogP contribution in [0.2, 0.25) is 0 Å². The molecule has 1 aliphatic rings. The molecule has 0 saturated carbocycles. The summed E-state index contributed by atoms with van der Waals surface area (Å²) in [4.78, 5) is 16.1. The van der Waals surface area contributed by atoms with Crippen LogP contribution in [0.15, 0.2) is 12.1 Å². The van der Waals surface area contributed by atoms with Crippen molar-refractivity contribution in [2.24, 2.45) is 0 Å². The molecular formula is C14H20N2O3P. The first kappa shape index (κ1) is 15.1. The molecule has 2 rings (SSSR count). The summed E-state index contributed by atoms with van der Waals surface area (Å²) >= 11 is 0. The third kappa shape index (κ3) is 4.36. The molecule has 1 radical (unpaired) electrons. The standard InChI is InChI=1S/C14H20N2O3P/c1-19-20(18)10-13(17)6-2-5-12-8-7-11-4-3-9-15-14(11)16-12/h7-8H,2-6,9-10H2,1H3,(H,15,16). The highest BCUT2D eigenvalue weighted by atomic mass is 31.1. The minimum atomic E-state index is -1.82. The minimum absolute atomic E-state index is 0.0101. The van der Waals surface area contributed by atoms with Gasteiger partial charge in [0.05, 0.1) is 0 Å². The molecule has 1 unspecified atom stereocenters. The zero-order valence-electron chi connectivity index (χ0n) is 11.7. The molecule has 109 valence electrons. The van der Waals surface area contributed by atoms with Gasteiger partial charge >= 0.3 is 0 Å². The molecule has 0 aliphatic carbocycles. The van der Waals surface area contributed by atoms with Crippen LogP contribution in [0.5, 0.6) is 0 Å². The van der Waals surface area contributed by atoms with Crippen LogP contribution < -0.4 is 5.32 Å². The third-order valence-corrected chi connectivity index (χ3v) is 4.37. The van der Waals surface area contributed by atoms with E-state index < -0.39 is 8.03 Å². The van der Waals surface area contributed by atoms with Crippen LogP contribution in [-0.4, -0.2) is 30.6 Å². The van der Waals surface area contributed by atoms with Gasteiger partial charge in [-0.05, 0) is 37.3 Å². The predicted octanol–water partition coefficient (Wildman–Crippen LogP) is 2.72. The summed E-state index contributed by atoms with van der Waals surface area (Å²) in [6.45, 7) is 0.978. The second-order valence-corrected chi connectivity index (χ2v) is 6.25. The van der Waals surface area contributed by atoms with Gasteiger partial charge in [-0.2, -0.15) is 0 Å². The molecule has 5 nitrogen and oxygen atoms in total. The van der Waals surface area contributed by atoms with Crippen LogP contribution in [0.4, 0.5) is 5.82 Å². The molecule has 0 bridgehead atoms. The molecule has 0 fully saturated rings. The molecule has 1 aromatic rings. The van der Waals surface area contributed by atoms with E-state index >= 15 is 0 Å². The number of aromatic nitrogens is 1.